The van der Waals surface area contributed by atoms with Gasteiger partial charge in [0, 0.05) is 11.6 Å². The van der Waals surface area contributed by atoms with Gasteiger partial charge in [-0.2, -0.15) is 5.26 Å². The maximum Gasteiger partial charge on any atom is 0.348 e. The number of halogens is 2. The minimum atomic E-state index is -0.726. The molecule has 0 saturated carbocycles. The molecule has 0 saturated heterocycles. The van der Waals surface area contributed by atoms with E-state index in [1.807, 2.05) is 0 Å². The number of methoxy groups -OCH3 is 1. The maximum atomic E-state index is 11.3. The van der Waals surface area contributed by atoms with Crippen LogP contribution in [0.3, 0.4) is 0 Å². The standard InChI is InChI=1S/C15H9Cl2NO3/c1-20-15(19)9(8-18)7-10-5-6-13(21-10)11-3-2-4-12(16)14(11)17/h2-7H,1H3/b9-7+. The first-order chi connectivity index (χ1) is 10.1. The summed E-state index contributed by atoms with van der Waals surface area (Å²) in [5.41, 5.74) is 0.469. The Kier molecular flexibility index (Phi) is 4.69. The van der Waals surface area contributed by atoms with Gasteiger partial charge < -0.3 is 9.15 Å². The lowest BCUT2D eigenvalue weighted by Gasteiger charge is -2.02. The third kappa shape index (κ3) is 3.27. The summed E-state index contributed by atoms with van der Waals surface area (Å²) < 4.78 is 10.0. The third-order valence-corrected chi connectivity index (χ3v) is 3.48. The molecule has 1 aromatic carbocycles. The molecule has 21 heavy (non-hydrogen) atoms. The zero-order valence-electron chi connectivity index (χ0n) is 10.9. The first-order valence-electron chi connectivity index (χ1n) is 5.81. The molecule has 6 heteroatoms. The van der Waals surface area contributed by atoms with E-state index >= 15 is 0 Å². The lowest BCUT2D eigenvalue weighted by Crippen LogP contribution is -2.02. The van der Waals surface area contributed by atoms with Crippen LogP contribution in [0.4, 0.5) is 0 Å². The monoisotopic (exact) mass is 321 g/mol. The molecule has 2 aromatic rings. The highest BCUT2D eigenvalue weighted by molar-refractivity contribution is 6.43. The van der Waals surface area contributed by atoms with Gasteiger partial charge in [0.25, 0.3) is 0 Å². The van der Waals surface area contributed by atoms with Crippen LogP contribution in [0.15, 0.2) is 40.3 Å². The van der Waals surface area contributed by atoms with Crippen LogP contribution in [-0.2, 0) is 9.53 Å². The van der Waals surface area contributed by atoms with Crippen molar-refractivity contribution in [2.24, 2.45) is 0 Å². The molecule has 4 nitrogen and oxygen atoms in total. The number of furan rings is 1. The van der Waals surface area contributed by atoms with Gasteiger partial charge >= 0.3 is 5.97 Å². The summed E-state index contributed by atoms with van der Waals surface area (Å²) in [5, 5.41) is 9.68. The maximum absolute atomic E-state index is 11.3. The van der Waals surface area contributed by atoms with Crippen LogP contribution in [0.1, 0.15) is 5.76 Å². The number of hydrogen-bond acceptors (Lipinski definition) is 4. The van der Waals surface area contributed by atoms with E-state index in [-0.39, 0.29) is 5.57 Å². The molecule has 1 aromatic heterocycles. The van der Waals surface area contributed by atoms with Gasteiger partial charge in [-0.15, -0.1) is 0 Å². The topological polar surface area (TPSA) is 63.2 Å². The van der Waals surface area contributed by atoms with Crippen LogP contribution in [-0.4, -0.2) is 13.1 Å². The SMILES string of the molecule is COC(=O)/C(C#N)=C/c1ccc(-c2cccc(Cl)c2Cl)o1. The molecule has 0 spiro atoms. The number of benzene rings is 1. The molecule has 0 bridgehead atoms. The highest BCUT2D eigenvalue weighted by Crippen LogP contribution is 2.34. The van der Waals surface area contributed by atoms with E-state index in [4.69, 9.17) is 32.9 Å². The van der Waals surface area contributed by atoms with Gasteiger partial charge in [-0.1, -0.05) is 29.3 Å². The van der Waals surface area contributed by atoms with Crippen LogP contribution in [0.25, 0.3) is 17.4 Å². The van der Waals surface area contributed by atoms with Crippen LogP contribution < -0.4 is 0 Å². The van der Waals surface area contributed by atoms with Crippen LogP contribution >= 0.6 is 23.2 Å². The highest BCUT2D eigenvalue weighted by atomic mass is 35.5. The molecular formula is C15H9Cl2NO3. The molecule has 0 atom stereocenters. The number of carbonyl (C=O) groups is 1. The van der Waals surface area contributed by atoms with Crippen molar-refractivity contribution in [2.45, 2.75) is 0 Å². The average Bonchev–Trinajstić information content (AvgIpc) is 2.95. The van der Waals surface area contributed by atoms with Crippen molar-refractivity contribution in [1.82, 2.24) is 0 Å². The number of ether oxygens (including phenoxy) is 1. The van der Waals surface area contributed by atoms with Crippen LogP contribution in [0.5, 0.6) is 0 Å². The Bertz CT molecular complexity index is 757. The van der Waals surface area contributed by atoms with Crippen molar-refractivity contribution in [3.05, 3.63) is 51.7 Å². The quantitative estimate of drug-likeness (QED) is 0.479. The summed E-state index contributed by atoms with van der Waals surface area (Å²) >= 11 is 12.1. The minimum Gasteiger partial charge on any atom is -0.465 e. The molecule has 0 amide bonds. The fourth-order valence-corrected chi connectivity index (χ4v) is 2.05. The van der Waals surface area contributed by atoms with E-state index in [0.29, 0.717) is 27.1 Å². The van der Waals surface area contributed by atoms with E-state index in [1.165, 1.54) is 13.2 Å². The Balaban J connectivity index is 2.39. The molecule has 1 heterocycles. The zero-order chi connectivity index (χ0) is 15.4. The average molecular weight is 322 g/mol. The fourth-order valence-electron chi connectivity index (χ4n) is 1.66. The Morgan fingerprint density at radius 3 is 2.76 bits per heavy atom. The van der Waals surface area contributed by atoms with E-state index in [2.05, 4.69) is 4.74 Å². The summed E-state index contributed by atoms with van der Waals surface area (Å²) in [7, 11) is 1.20. The summed E-state index contributed by atoms with van der Waals surface area (Å²) in [6.07, 6.45) is 1.30. The van der Waals surface area contributed by atoms with E-state index in [0.717, 1.165) is 0 Å². The molecule has 0 unspecified atom stereocenters. The molecule has 0 radical (unpaired) electrons. The first kappa shape index (κ1) is 15.2. The van der Waals surface area contributed by atoms with Crippen LogP contribution in [0, 0.1) is 11.3 Å². The molecule has 0 aliphatic carbocycles. The molecular weight excluding hydrogens is 313 g/mol. The van der Waals surface area contributed by atoms with Crippen molar-refractivity contribution in [3.8, 4) is 17.4 Å². The fraction of sp³-hybridized carbons (Fsp3) is 0.0667. The number of nitriles is 1. The highest BCUT2D eigenvalue weighted by Gasteiger charge is 2.13. The van der Waals surface area contributed by atoms with E-state index < -0.39 is 5.97 Å². The zero-order valence-corrected chi connectivity index (χ0v) is 12.4. The van der Waals surface area contributed by atoms with Gasteiger partial charge in [-0.3, -0.25) is 0 Å². The Labute approximate surface area is 131 Å². The Morgan fingerprint density at radius 2 is 2.10 bits per heavy atom. The van der Waals surface area contributed by atoms with Crippen molar-refractivity contribution in [3.63, 3.8) is 0 Å². The van der Waals surface area contributed by atoms with E-state index in [9.17, 15) is 4.79 Å². The predicted octanol–water partition coefficient (Wildman–Crippen LogP) is 4.33. The second kappa shape index (κ2) is 6.49. The van der Waals surface area contributed by atoms with Gasteiger partial charge in [0.05, 0.1) is 17.2 Å². The van der Waals surface area contributed by atoms with Gasteiger partial charge in [0.2, 0.25) is 0 Å². The minimum absolute atomic E-state index is 0.157. The van der Waals surface area contributed by atoms with Gasteiger partial charge in [0.1, 0.15) is 23.2 Å². The lowest BCUT2D eigenvalue weighted by molar-refractivity contribution is -0.135. The normalized spacial score (nSPS) is 11.0. The molecule has 0 N–H and O–H groups in total. The van der Waals surface area contributed by atoms with Gasteiger partial charge in [-0.05, 0) is 24.3 Å². The summed E-state index contributed by atoms with van der Waals surface area (Å²) in [6, 6.07) is 10.2. The summed E-state index contributed by atoms with van der Waals surface area (Å²) in [5.74, 6) is 0.0927. The number of hydrogen-bond donors (Lipinski definition) is 0. The molecule has 2 rings (SSSR count). The summed E-state index contributed by atoms with van der Waals surface area (Å²) in [4.78, 5) is 11.3. The van der Waals surface area contributed by atoms with E-state index in [1.54, 1.807) is 36.4 Å². The summed E-state index contributed by atoms with van der Waals surface area (Å²) in [6.45, 7) is 0. The second-order valence-electron chi connectivity index (χ2n) is 3.96. The van der Waals surface area contributed by atoms with Gasteiger partial charge in [0.15, 0.2) is 0 Å². The molecule has 0 aliphatic rings. The number of nitrogens with zero attached hydrogens (tertiary/aromatic N) is 1. The largest absolute Gasteiger partial charge is 0.465 e. The molecule has 0 fully saturated rings. The van der Waals surface area contributed by atoms with Crippen molar-refractivity contribution in [2.75, 3.05) is 7.11 Å². The van der Waals surface area contributed by atoms with Crippen molar-refractivity contribution in [1.29, 1.82) is 5.26 Å². The van der Waals surface area contributed by atoms with Gasteiger partial charge in [-0.25, -0.2) is 4.79 Å². The number of rotatable bonds is 3. The van der Waals surface area contributed by atoms with Crippen molar-refractivity contribution < 1.29 is 13.9 Å². The molecule has 106 valence electrons. The Morgan fingerprint density at radius 1 is 1.33 bits per heavy atom. The Hall–Kier alpha value is -2.22. The number of esters is 1. The smallest absolute Gasteiger partial charge is 0.348 e. The van der Waals surface area contributed by atoms with Crippen molar-refractivity contribution >= 4 is 35.2 Å². The number of carbonyl (C=O) groups excluding carboxylic acids is 1. The second-order valence-corrected chi connectivity index (χ2v) is 4.75. The van der Waals surface area contributed by atoms with Crippen LogP contribution in [0.2, 0.25) is 10.0 Å². The third-order valence-electron chi connectivity index (χ3n) is 2.66. The predicted molar refractivity (Wildman–Crippen MR) is 79.8 cm³/mol. The first-order valence-corrected chi connectivity index (χ1v) is 6.56. The lowest BCUT2D eigenvalue weighted by atomic mass is 10.2. The molecule has 0 aliphatic heterocycles.